The summed E-state index contributed by atoms with van der Waals surface area (Å²) in [4.78, 5) is 12.4. The fraction of sp³-hybridized carbons (Fsp3) is 0.227. The number of carbonyl (C=O) groups excluding carboxylic acids is 1. The third-order valence-electron chi connectivity index (χ3n) is 3.91. The first-order chi connectivity index (χ1) is 13.2. The van der Waals surface area contributed by atoms with Crippen molar-refractivity contribution in [1.82, 2.24) is 0 Å². The van der Waals surface area contributed by atoms with Crippen molar-refractivity contribution in [1.29, 1.82) is 10.5 Å². The lowest BCUT2D eigenvalue weighted by atomic mass is 10.1. The maximum atomic E-state index is 12.4. The van der Waals surface area contributed by atoms with Crippen molar-refractivity contribution in [2.45, 2.75) is 26.2 Å². The topological polar surface area (TPSA) is 85.9 Å². The molecule has 0 saturated heterocycles. The van der Waals surface area contributed by atoms with Crippen molar-refractivity contribution < 1.29 is 9.53 Å². The molecule has 0 saturated carbocycles. The van der Waals surface area contributed by atoms with E-state index in [4.69, 9.17) is 10.00 Å². The van der Waals surface area contributed by atoms with E-state index in [1.165, 1.54) is 11.6 Å². The molecule has 5 nitrogen and oxygen atoms in total. The highest BCUT2D eigenvalue weighted by Gasteiger charge is 2.11. The van der Waals surface area contributed by atoms with E-state index in [1.807, 2.05) is 36.4 Å². The van der Waals surface area contributed by atoms with Crippen LogP contribution in [-0.2, 0) is 11.2 Å². The second kappa shape index (κ2) is 10.4. The van der Waals surface area contributed by atoms with Crippen LogP contribution >= 0.6 is 0 Å². The summed E-state index contributed by atoms with van der Waals surface area (Å²) in [5.41, 5.74) is 2.37. The number of aryl methyl sites for hydroxylation is 1. The van der Waals surface area contributed by atoms with Crippen molar-refractivity contribution in [3.63, 3.8) is 0 Å². The van der Waals surface area contributed by atoms with Crippen LogP contribution in [0.2, 0.25) is 0 Å². The van der Waals surface area contributed by atoms with Crippen LogP contribution in [0.25, 0.3) is 6.08 Å². The van der Waals surface area contributed by atoms with Gasteiger partial charge in [0, 0.05) is 11.3 Å². The summed E-state index contributed by atoms with van der Waals surface area (Å²) in [5, 5.41) is 20.8. The Morgan fingerprint density at radius 2 is 1.89 bits per heavy atom. The molecular formula is C22H21N3O2. The summed E-state index contributed by atoms with van der Waals surface area (Å²) < 4.78 is 5.33. The lowest BCUT2D eigenvalue weighted by Gasteiger charge is -2.08. The van der Waals surface area contributed by atoms with Gasteiger partial charge in [0.2, 0.25) is 0 Å². The second-order valence-corrected chi connectivity index (χ2v) is 5.91. The van der Waals surface area contributed by atoms with E-state index in [9.17, 15) is 10.1 Å². The van der Waals surface area contributed by atoms with Gasteiger partial charge in [-0.15, -0.1) is 0 Å². The minimum Gasteiger partial charge on any atom is -0.478 e. The van der Waals surface area contributed by atoms with Crippen LogP contribution in [0.1, 0.15) is 30.9 Å². The summed E-state index contributed by atoms with van der Waals surface area (Å²) in [6.07, 6.45) is 4.72. The fourth-order valence-corrected chi connectivity index (χ4v) is 2.48. The molecular weight excluding hydrogens is 338 g/mol. The number of ether oxygens (including phenoxy) is 1. The van der Waals surface area contributed by atoms with Gasteiger partial charge in [-0.2, -0.15) is 10.5 Å². The molecule has 2 aromatic carbocycles. The number of hydrogen-bond donors (Lipinski definition) is 1. The molecule has 5 heteroatoms. The maximum absolute atomic E-state index is 12.4. The monoisotopic (exact) mass is 359 g/mol. The van der Waals surface area contributed by atoms with Gasteiger partial charge < -0.3 is 10.1 Å². The SMILES string of the molecule is CCCCc1ccc(NC(=O)/C(C#N)=C/c2ccccc2OCC#N)cc1. The highest BCUT2D eigenvalue weighted by Crippen LogP contribution is 2.21. The minimum atomic E-state index is -0.492. The highest BCUT2D eigenvalue weighted by molar-refractivity contribution is 6.09. The molecule has 0 heterocycles. The smallest absolute Gasteiger partial charge is 0.266 e. The molecule has 0 aromatic heterocycles. The molecule has 0 fully saturated rings. The maximum Gasteiger partial charge on any atom is 0.266 e. The highest BCUT2D eigenvalue weighted by atomic mass is 16.5. The Morgan fingerprint density at radius 3 is 2.56 bits per heavy atom. The molecule has 136 valence electrons. The summed E-state index contributed by atoms with van der Waals surface area (Å²) in [7, 11) is 0. The third kappa shape index (κ3) is 6.02. The van der Waals surface area contributed by atoms with Crippen LogP contribution in [0.15, 0.2) is 54.1 Å². The van der Waals surface area contributed by atoms with Crippen LogP contribution < -0.4 is 10.1 Å². The Balaban J connectivity index is 2.13. The van der Waals surface area contributed by atoms with E-state index in [0.29, 0.717) is 17.0 Å². The van der Waals surface area contributed by atoms with Crippen molar-refractivity contribution in [2.24, 2.45) is 0 Å². The largest absolute Gasteiger partial charge is 0.478 e. The Hall–Kier alpha value is -3.57. The van der Waals surface area contributed by atoms with E-state index in [-0.39, 0.29) is 12.2 Å². The Kier molecular flexibility index (Phi) is 7.63. The third-order valence-corrected chi connectivity index (χ3v) is 3.91. The van der Waals surface area contributed by atoms with E-state index in [2.05, 4.69) is 12.2 Å². The first-order valence-electron chi connectivity index (χ1n) is 8.78. The molecule has 1 amide bonds. The summed E-state index contributed by atoms with van der Waals surface area (Å²) in [5.74, 6) is -0.0474. The number of carbonyl (C=O) groups is 1. The number of anilines is 1. The molecule has 2 rings (SSSR count). The van der Waals surface area contributed by atoms with Gasteiger partial charge in [-0.05, 0) is 42.7 Å². The lowest BCUT2D eigenvalue weighted by Crippen LogP contribution is -2.13. The van der Waals surface area contributed by atoms with Gasteiger partial charge in [-0.1, -0.05) is 43.7 Å². The van der Waals surface area contributed by atoms with Crippen molar-refractivity contribution >= 4 is 17.7 Å². The number of hydrogen-bond acceptors (Lipinski definition) is 4. The van der Waals surface area contributed by atoms with Crippen molar-refractivity contribution in [2.75, 3.05) is 11.9 Å². The average molecular weight is 359 g/mol. The number of nitrogens with zero attached hydrogens (tertiary/aromatic N) is 2. The van der Waals surface area contributed by atoms with Crippen molar-refractivity contribution in [3.8, 4) is 17.9 Å². The van der Waals surface area contributed by atoms with Gasteiger partial charge in [0.15, 0.2) is 6.61 Å². The summed E-state index contributed by atoms with van der Waals surface area (Å²) in [6.45, 7) is 2.04. The van der Waals surface area contributed by atoms with Gasteiger partial charge in [0.1, 0.15) is 23.5 Å². The zero-order valence-corrected chi connectivity index (χ0v) is 15.2. The number of unbranched alkanes of at least 4 members (excludes halogenated alkanes) is 1. The zero-order valence-electron chi connectivity index (χ0n) is 15.2. The first kappa shape index (κ1) is 19.8. The molecule has 0 aliphatic heterocycles. The summed E-state index contributed by atoms with van der Waals surface area (Å²) in [6, 6.07) is 18.4. The van der Waals surface area contributed by atoms with Gasteiger partial charge in [-0.25, -0.2) is 0 Å². The number of nitriles is 2. The van der Waals surface area contributed by atoms with Gasteiger partial charge >= 0.3 is 0 Å². The molecule has 0 atom stereocenters. The van der Waals surface area contributed by atoms with Crippen molar-refractivity contribution in [3.05, 3.63) is 65.2 Å². The number of nitrogens with one attached hydrogen (secondary N) is 1. The van der Waals surface area contributed by atoms with Crippen LogP contribution in [0.5, 0.6) is 5.75 Å². The number of para-hydroxylation sites is 1. The van der Waals surface area contributed by atoms with Gasteiger partial charge in [0.25, 0.3) is 5.91 Å². The fourth-order valence-electron chi connectivity index (χ4n) is 2.48. The lowest BCUT2D eigenvalue weighted by molar-refractivity contribution is -0.112. The summed E-state index contributed by atoms with van der Waals surface area (Å²) >= 11 is 0. The van der Waals surface area contributed by atoms with E-state index in [1.54, 1.807) is 24.3 Å². The van der Waals surface area contributed by atoms with Crippen LogP contribution in [0, 0.1) is 22.7 Å². The average Bonchev–Trinajstić information content (AvgIpc) is 2.70. The first-order valence-corrected chi connectivity index (χ1v) is 8.78. The predicted molar refractivity (Wildman–Crippen MR) is 105 cm³/mol. The minimum absolute atomic E-state index is 0.0435. The normalized spacial score (nSPS) is 10.6. The molecule has 0 radical (unpaired) electrons. The molecule has 0 aliphatic carbocycles. The Labute approximate surface area is 159 Å². The van der Waals surface area contributed by atoms with Crippen LogP contribution in [0.4, 0.5) is 5.69 Å². The molecule has 1 N–H and O–H groups in total. The van der Waals surface area contributed by atoms with Gasteiger partial charge in [0.05, 0.1) is 0 Å². The van der Waals surface area contributed by atoms with Gasteiger partial charge in [-0.3, -0.25) is 4.79 Å². The standard InChI is InChI=1S/C22H21N3O2/c1-2-3-6-17-9-11-20(12-10-17)25-22(26)19(16-24)15-18-7-4-5-8-21(18)27-14-13-23/h4-5,7-12,15H,2-3,6,14H2,1H3,(H,25,26)/b19-15+. The predicted octanol–water partition coefficient (Wildman–Crippen LogP) is 4.48. The Bertz CT molecular complexity index is 887. The molecule has 0 unspecified atom stereocenters. The molecule has 2 aromatic rings. The van der Waals surface area contributed by atoms with E-state index in [0.717, 1.165) is 19.3 Å². The molecule has 0 spiro atoms. The number of benzene rings is 2. The number of amides is 1. The van der Waals surface area contributed by atoms with E-state index >= 15 is 0 Å². The van der Waals surface area contributed by atoms with Crippen LogP contribution in [-0.4, -0.2) is 12.5 Å². The quantitative estimate of drug-likeness (QED) is 0.556. The van der Waals surface area contributed by atoms with E-state index < -0.39 is 5.91 Å². The zero-order chi connectivity index (χ0) is 19.5. The second-order valence-electron chi connectivity index (χ2n) is 5.91. The molecule has 0 aliphatic rings. The van der Waals surface area contributed by atoms with Crippen LogP contribution in [0.3, 0.4) is 0 Å². The number of rotatable bonds is 8. The Morgan fingerprint density at radius 1 is 1.15 bits per heavy atom. The molecule has 27 heavy (non-hydrogen) atoms. The molecule has 0 bridgehead atoms.